The average molecular weight is 319 g/mol. The first kappa shape index (κ1) is 15.1. The molecule has 0 radical (unpaired) electrons. The van der Waals surface area contributed by atoms with Gasteiger partial charge in [0.15, 0.2) is 0 Å². The molecule has 0 spiro atoms. The highest BCUT2D eigenvalue weighted by atomic mass is 35.5. The van der Waals surface area contributed by atoms with E-state index in [4.69, 9.17) is 11.6 Å². The minimum absolute atomic E-state index is 0.0269. The van der Waals surface area contributed by atoms with Crippen molar-refractivity contribution in [2.24, 2.45) is 23.7 Å². The summed E-state index contributed by atoms with van der Waals surface area (Å²) in [5, 5.41) is 14.8. The van der Waals surface area contributed by atoms with E-state index in [-0.39, 0.29) is 17.7 Å². The summed E-state index contributed by atoms with van der Waals surface area (Å²) in [6.07, 6.45) is 5.27. The number of carbonyl (C=O) groups is 2. The first-order valence-electron chi connectivity index (χ1n) is 7.47. The minimum atomic E-state index is -1.12. The Morgan fingerprint density at radius 3 is 2.64 bits per heavy atom. The van der Waals surface area contributed by atoms with Crippen molar-refractivity contribution in [1.82, 2.24) is 5.32 Å². The van der Waals surface area contributed by atoms with Crippen LogP contribution in [0.1, 0.15) is 12.0 Å². The van der Waals surface area contributed by atoms with Crippen LogP contribution in [0.3, 0.4) is 0 Å². The van der Waals surface area contributed by atoms with Gasteiger partial charge in [0.25, 0.3) is 0 Å². The number of halogens is 1. The first-order chi connectivity index (χ1) is 10.6. The van der Waals surface area contributed by atoms with E-state index < -0.39 is 17.8 Å². The Labute approximate surface area is 134 Å². The SMILES string of the molecule is O=C(NCCc1cccc(Cl)c1)[C@@H]1[C@@H](C(=O)[O-])[C@H]2C=C[C@@H]1C2. The largest absolute Gasteiger partial charge is 0.550 e. The van der Waals surface area contributed by atoms with Gasteiger partial charge in [-0.05, 0) is 42.4 Å². The van der Waals surface area contributed by atoms with Gasteiger partial charge in [-0.15, -0.1) is 0 Å². The van der Waals surface area contributed by atoms with E-state index in [1.807, 2.05) is 30.4 Å². The van der Waals surface area contributed by atoms with Crippen LogP contribution in [-0.4, -0.2) is 18.4 Å². The molecule has 2 bridgehead atoms. The van der Waals surface area contributed by atoms with Gasteiger partial charge in [-0.25, -0.2) is 0 Å². The van der Waals surface area contributed by atoms with Gasteiger partial charge in [0, 0.05) is 23.5 Å². The van der Waals surface area contributed by atoms with E-state index >= 15 is 0 Å². The molecule has 0 heterocycles. The predicted molar refractivity (Wildman–Crippen MR) is 80.9 cm³/mol. The Kier molecular flexibility index (Phi) is 4.21. The van der Waals surface area contributed by atoms with E-state index in [0.717, 1.165) is 12.0 Å². The second-order valence-corrected chi connectivity index (χ2v) is 6.43. The monoisotopic (exact) mass is 318 g/mol. The molecule has 4 atom stereocenters. The fraction of sp³-hybridized carbons (Fsp3) is 0.412. The third kappa shape index (κ3) is 2.88. The van der Waals surface area contributed by atoms with E-state index in [0.29, 0.717) is 18.0 Å². The van der Waals surface area contributed by atoms with Crippen molar-refractivity contribution in [2.45, 2.75) is 12.8 Å². The van der Waals surface area contributed by atoms with Crippen molar-refractivity contribution in [2.75, 3.05) is 6.54 Å². The number of amides is 1. The quantitative estimate of drug-likeness (QED) is 0.829. The average Bonchev–Trinajstić information content (AvgIpc) is 3.07. The normalized spacial score (nSPS) is 28.8. The maximum absolute atomic E-state index is 12.3. The second-order valence-electron chi connectivity index (χ2n) is 5.99. The lowest BCUT2D eigenvalue weighted by atomic mass is 9.82. The van der Waals surface area contributed by atoms with Gasteiger partial charge in [0.05, 0.1) is 5.92 Å². The van der Waals surface area contributed by atoms with E-state index in [9.17, 15) is 14.7 Å². The highest BCUT2D eigenvalue weighted by Crippen LogP contribution is 2.47. The molecule has 2 aliphatic carbocycles. The summed E-state index contributed by atoms with van der Waals surface area (Å²) >= 11 is 5.92. The molecule has 1 saturated carbocycles. The van der Waals surface area contributed by atoms with Crippen LogP contribution in [0.15, 0.2) is 36.4 Å². The highest BCUT2D eigenvalue weighted by Gasteiger charge is 2.48. The fourth-order valence-corrected chi connectivity index (χ4v) is 3.85. The standard InChI is InChI=1S/C17H18ClNO3/c18-13-3-1-2-10(8-13)6-7-19-16(20)14-11-4-5-12(9-11)15(14)17(21)22/h1-5,8,11-12,14-15H,6-7,9H2,(H,19,20)(H,21,22)/p-1/t11-,12+,14+,15+/m1/s1. The molecule has 0 unspecified atom stereocenters. The van der Waals surface area contributed by atoms with Crippen molar-refractivity contribution in [3.63, 3.8) is 0 Å². The Morgan fingerprint density at radius 1 is 1.23 bits per heavy atom. The Bertz CT molecular complexity index is 628. The molecule has 2 aliphatic rings. The zero-order valence-electron chi connectivity index (χ0n) is 12.0. The van der Waals surface area contributed by atoms with Crippen LogP contribution in [0.4, 0.5) is 0 Å². The molecule has 0 saturated heterocycles. The number of carbonyl (C=O) groups excluding carboxylic acids is 2. The molecular weight excluding hydrogens is 302 g/mol. The smallest absolute Gasteiger partial charge is 0.224 e. The summed E-state index contributed by atoms with van der Waals surface area (Å²) in [6.45, 7) is 0.469. The van der Waals surface area contributed by atoms with E-state index in [2.05, 4.69) is 5.32 Å². The molecule has 5 heteroatoms. The molecule has 116 valence electrons. The third-order valence-electron chi connectivity index (χ3n) is 4.64. The third-order valence-corrected chi connectivity index (χ3v) is 4.87. The lowest BCUT2D eigenvalue weighted by molar-refractivity contribution is -0.313. The minimum Gasteiger partial charge on any atom is -0.550 e. The fourth-order valence-electron chi connectivity index (χ4n) is 3.64. The van der Waals surface area contributed by atoms with E-state index in [1.54, 1.807) is 6.07 Å². The van der Waals surface area contributed by atoms with Crippen LogP contribution in [0, 0.1) is 23.7 Å². The molecule has 0 aliphatic heterocycles. The predicted octanol–water partition coefficient (Wildman–Crippen LogP) is 1.19. The van der Waals surface area contributed by atoms with Crippen LogP contribution in [0.25, 0.3) is 0 Å². The number of allylic oxidation sites excluding steroid dienone is 2. The Hall–Kier alpha value is -1.81. The molecule has 22 heavy (non-hydrogen) atoms. The lowest BCUT2D eigenvalue weighted by Crippen LogP contribution is -2.45. The van der Waals surface area contributed by atoms with Crippen molar-refractivity contribution in [1.29, 1.82) is 0 Å². The molecule has 1 N–H and O–H groups in total. The maximum atomic E-state index is 12.3. The molecule has 1 amide bonds. The molecule has 1 aromatic rings. The van der Waals surface area contributed by atoms with Crippen LogP contribution < -0.4 is 10.4 Å². The van der Waals surface area contributed by atoms with Gasteiger partial charge in [0.2, 0.25) is 5.91 Å². The van der Waals surface area contributed by atoms with Crippen molar-refractivity contribution in [3.8, 4) is 0 Å². The number of aliphatic carboxylic acids is 1. The zero-order chi connectivity index (χ0) is 15.7. The summed E-state index contributed by atoms with van der Waals surface area (Å²) < 4.78 is 0. The molecule has 1 aromatic carbocycles. The molecule has 0 aromatic heterocycles. The summed E-state index contributed by atoms with van der Waals surface area (Å²) in [7, 11) is 0. The number of nitrogens with one attached hydrogen (secondary N) is 1. The van der Waals surface area contributed by atoms with E-state index in [1.165, 1.54) is 0 Å². The first-order valence-corrected chi connectivity index (χ1v) is 7.85. The van der Waals surface area contributed by atoms with Crippen LogP contribution in [0.2, 0.25) is 5.02 Å². The summed E-state index contributed by atoms with van der Waals surface area (Å²) in [5.41, 5.74) is 1.04. The number of rotatable bonds is 5. The molecule has 3 rings (SSSR count). The number of hydrogen-bond acceptors (Lipinski definition) is 3. The second kappa shape index (κ2) is 6.13. The van der Waals surface area contributed by atoms with Crippen molar-refractivity contribution >= 4 is 23.5 Å². The highest BCUT2D eigenvalue weighted by molar-refractivity contribution is 6.30. The maximum Gasteiger partial charge on any atom is 0.224 e. The lowest BCUT2D eigenvalue weighted by Gasteiger charge is -2.27. The number of benzene rings is 1. The number of hydrogen-bond donors (Lipinski definition) is 1. The Balaban J connectivity index is 1.58. The zero-order valence-corrected chi connectivity index (χ0v) is 12.8. The summed E-state index contributed by atoms with van der Waals surface area (Å²) in [5.74, 6) is -2.53. The number of carboxylic acids is 1. The number of carboxylic acid groups (broad SMARTS) is 1. The van der Waals surface area contributed by atoms with Gasteiger partial charge in [-0.2, -0.15) is 0 Å². The van der Waals surface area contributed by atoms with Crippen molar-refractivity contribution in [3.05, 3.63) is 47.0 Å². The van der Waals surface area contributed by atoms with Crippen molar-refractivity contribution < 1.29 is 14.7 Å². The topological polar surface area (TPSA) is 69.2 Å². The molecular formula is C17H17ClNO3-. The van der Waals surface area contributed by atoms with Gasteiger partial charge in [-0.3, -0.25) is 4.79 Å². The van der Waals surface area contributed by atoms with Gasteiger partial charge < -0.3 is 15.2 Å². The van der Waals surface area contributed by atoms with Crippen LogP contribution in [-0.2, 0) is 16.0 Å². The number of fused-ring (bicyclic) bond motifs is 2. The summed E-state index contributed by atoms with van der Waals surface area (Å²) in [6, 6.07) is 7.47. The van der Waals surface area contributed by atoms with Gasteiger partial charge in [0.1, 0.15) is 0 Å². The van der Waals surface area contributed by atoms with Crippen LogP contribution >= 0.6 is 11.6 Å². The Morgan fingerprint density at radius 2 is 1.95 bits per heavy atom. The van der Waals surface area contributed by atoms with Gasteiger partial charge in [-0.1, -0.05) is 35.9 Å². The van der Waals surface area contributed by atoms with Crippen LogP contribution in [0.5, 0.6) is 0 Å². The molecule has 1 fully saturated rings. The van der Waals surface area contributed by atoms with Gasteiger partial charge >= 0.3 is 0 Å². The summed E-state index contributed by atoms with van der Waals surface area (Å²) in [4.78, 5) is 23.6. The molecule has 4 nitrogen and oxygen atoms in total.